The summed E-state index contributed by atoms with van der Waals surface area (Å²) in [4.78, 5) is 14.7. The molecule has 2 heterocycles. The zero-order valence-electron chi connectivity index (χ0n) is 14.8. The van der Waals surface area contributed by atoms with Crippen molar-refractivity contribution in [2.45, 2.75) is 50.4 Å². The Morgan fingerprint density at radius 1 is 1.24 bits per heavy atom. The van der Waals surface area contributed by atoms with Crippen LogP contribution < -0.4 is 4.74 Å². The molecule has 1 amide bonds. The summed E-state index contributed by atoms with van der Waals surface area (Å²) in [5.74, 6) is 1.26. The number of aromatic nitrogens is 4. The molecule has 2 atom stereocenters. The van der Waals surface area contributed by atoms with Crippen LogP contribution in [0.2, 0.25) is 0 Å². The zero-order chi connectivity index (χ0) is 17.8. The summed E-state index contributed by atoms with van der Waals surface area (Å²) in [5, 5.41) is 12.4. The van der Waals surface area contributed by atoms with Crippen LogP contribution in [-0.2, 0) is 4.79 Å². The number of benzene rings is 1. The number of hydrogen-bond donors (Lipinski definition) is 0. The van der Waals surface area contributed by atoms with Gasteiger partial charge in [0, 0.05) is 12.1 Å². The molecular weight excluding hydrogens is 338 g/mol. The summed E-state index contributed by atoms with van der Waals surface area (Å²) in [6.07, 6.45) is 3.34. The lowest BCUT2D eigenvalue weighted by Crippen LogP contribution is -2.48. The van der Waals surface area contributed by atoms with Crippen molar-refractivity contribution >= 4 is 17.7 Å². The van der Waals surface area contributed by atoms with E-state index in [4.69, 9.17) is 4.74 Å². The van der Waals surface area contributed by atoms with Gasteiger partial charge >= 0.3 is 0 Å². The molecule has 1 saturated heterocycles. The van der Waals surface area contributed by atoms with E-state index < -0.39 is 0 Å². The number of rotatable bonds is 5. The summed E-state index contributed by atoms with van der Waals surface area (Å²) in [5.41, 5.74) is 0.834. The Balaban J connectivity index is 1.67. The maximum absolute atomic E-state index is 12.7. The Labute approximate surface area is 151 Å². The van der Waals surface area contributed by atoms with Gasteiger partial charge in [-0.15, -0.1) is 5.10 Å². The predicted molar refractivity (Wildman–Crippen MR) is 96.1 cm³/mol. The van der Waals surface area contributed by atoms with Gasteiger partial charge in [-0.3, -0.25) is 4.79 Å². The quantitative estimate of drug-likeness (QED) is 0.762. The Morgan fingerprint density at radius 3 is 2.56 bits per heavy atom. The highest BCUT2D eigenvalue weighted by Gasteiger charge is 2.29. The fraction of sp³-hybridized carbons (Fsp3) is 0.529. The lowest BCUT2D eigenvalue weighted by Gasteiger charge is -2.39. The number of ether oxygens (including phenoxy) is 1. The second-order valence-corrected chi connectivity index (χ2v) is 7.23. The first-order valence-electron chi connectivity index (χ1n) is 8.47. The molecule has 0 saturated carbocycles. The van der Waals surface area contributed by atoms with E-state index in [1.165, 1.54) is 18.2 Å². The van der Waals surface area contributed by atoms with Crippen LogP contribution in [0.1, 0.15) is 33.1 Å². The fourth-order valence-corrected chi connectivity index (χ4v) is 4.03. The van der Waals surface area contributed by atoms with Gasteiger partial charge in [0.15, 0.2) is 0 Å². The predicted octanol–water partition coefficient (Wildman–Crippen LogP) is 2.55. The van der Waals surface area contributed by atoms with Crippen LogP contribution in [0.5, 0.6) is 5.75 Å². The average Bonchev–Trinajstić information content (AvgIpc) is 3.08. The number of thioether (sulfide) groups is 1. The van der Waals surface area contributed by atoms with E-state index in [9.17, 15) is 4.79 Å². The molecule has 1 aliphatic rings. The summed E-state index contributed by atoms with van der Waals surface area (Å²) in [6.45, 7) is 4.25. The van der Waals surface area contributed by atoms with Crippen molar-refractivity contribution in [1.82, 2.24) is 25.1 Å². The molecule has 0 N–H and O–H groups in total. The van der Waals surface area contributed by atoms with E-state index >= 15 is 0 Å². The van der Waals surface area contributed by atoms with Crippen molar-refractivity contribution < 1.29 is 9.53 Å². The van der Waals surface area contributed by atoms with Crippen molar-refractivity contribution in [1.29, 1.82) is 0 Å². The van der Waals surface area contributed by atoms with E-state index in [0.717, 1.165) is 24.3 Å². The summed E-state index contributed by atoms with van der Waals surface area (Å²) in [6, 6.07) is 8.08. The monoisotopic (exact) mass is 361 g/mol. The lowest BCUT2D eigenvalue weighted by molar-refractivity contribution is -0.134. The van der Waals surface area contributed by atoms with E-state index in [2.05, 4.69) is 29.4 Å². The van der Waals surface area contributed by atoms with Gasteiger partial charge < -0.3 is 9.64 Å². The highest BCUT2D eigenvalue weighted by molar-refractivity contribution is 7.99. The zero-order valence-corrected chi connectivity index (χ0v) is 15.6. The van der Waals surface area contributed by atoms with E-state index in [-0.39, 0.29) is 5.91 Å². The lowest BCUT2D eigenvalue weighted by atomic mass is 9.98. The third kappa shape index (κ3) is 3.95. The first-order valence-corrected chi connectivity index (χ1v) is 9.45. The second-order valence-electron chi connectivity index (χ2n) is 6.29. The first-order chi connectivity index (χ1) is 12.1. The van der Waals surface area contributed by atoms with Gasteiger partial charge in [0.2, 0.25) is 11.1 Å². The van der Waals surface area contributed by atoms with Gasteiger partial charge in [0.1, 0.15) is 5.75 Å². The van der Waals surface area contributed by atoms with E-state index in [1.807, 2.05) is 29.2 Å². The molecule has 0 aliphatic carbocycles. The number of carbonyl (C=O) groups excluding carboxylic acids is 1. The normalized spacial score (nSPS) is 20.5. The minimum Gasteiger partial charge on any atom is -0.497 e. The molecule has 0 radical (unpaired) electrons. The molecule has 25 heavy (non-hydrogen) atoms. The summed E-state index contributed by atoms with van der Waals surface area (Å²) in [7, 11) is 1.63. The largest absolute Gasteiger partial charge is 0.497 e. The maximum atomic E-state index is 12.7. The van der Waals surface area contributed by atoms with Gasteiger partial charge in [-0.2, -0.15) is 4.68 Å². The number of hydrogen-bond acceptors (Lipinski definition) is 6. The molecule has 134 valence electrons. The van der Waals surface area contributed by atoms with Crippen LogP contribution >= 0.6 is 11.8 Å². The van der Waals surface area contributed by atoms with Crippen molar-refractivity contribution in [3.05, 3.63) is 24.3 Å². The molecule has 8 heteroatoms. The van der Waals surface area contributed by atoms with Crippen LogP contribution in [0.3, 0.4) is 0 Å². The molecule has 1 aromatic carbocycles. The smallest absolute Gasteiger partial charge is 0.233 e. The number of nitrogens with zero attached hydrogens (tertiary/aromatic N) is 5. The van der Waals surface area contributed by atoms with Crippen LogP contribution in [0.25, 0.3) is 5.69 Å². The molecule has 3 rings (SSSR count). The standard InChI is InChI=1S/C17H23N5O2S/c1-12-5-4-6-13(2)21(12)16(23)11-25-17-18-19-20-22(17)14-7-9-15(24-3)10-8-14/h7-10,12-13H,4-6,11H2,1-3H3/t12-,13-/m0/s1. The minimum absolute atomic E-state index is 0.147. The SMILES string of the molecule is COc1ccc(-n2nnnc2SCC(=O)N2[C@@H](C)CCC[C@@H]2C)cc1. The first kappa shape index (κ1) is 17.7. The van der Waals surface area contributed by atoms with Crippen molar-refractivity contribution in [3.8, 4) is 11.4 Å². The fourth-order valence-electron chi connectivity index (χ4n) is 3.27. The van der Waals surface area contributed by atoms with Gasteiger partial charge in [-0.25, -0.2) is 0 Å². The van der Waals surface area contributed by atoms with Gasteiger partial charge in [0.25, 0.3) is 0 Å². The number of carbonyl (C=O) groups is 1. The molecule has 1 aliphatic heterocycles. The number of piperidine rings is 1. The van der Waals surface area contributed by atoms with E-state index in [1.54, 1.807) is 11.8 Å². The van der Waals surface area contributed by atoms with Gasteiger partial charge in [-0.1, -0.05) is 11.8 Å². The molecule has 7 nitrogen and oxygen atoms in total. The van der Waals surface area contributed by atoms with Crippen LogP contribution in [0, 0.1) is 0 Å². The third-order valence-electron chi connectivity index (χ3n) is 4.56. The van der Waals surface area contributed by atoms with Crippen LogP contribution in [0.4, 0.5) is 0 Å². The Morgan fingerprint density at radius 2 is 1.92 bits per heavy atom. The molecule has 1 aromatic heterocycles. The van der Waals surface area contributed by atoms with Crippen molar-refractivity contribution in [2.24, 2.45) is 0 Å². The second kappa shape index (κ2) is 7.86. The van der Waals surface area contributed by atoms with E-state index in [0.29, 0.717) is 23.0 Å². The summed E-state index contributed by atoms with van der Waals surface area (Å²) < 4.78 is 6.81. The third-order valence-corrected chi connectivity index (χ3v) is 5.47. The highest BCUT2D eigenvalue weighted by Crippen LogP contribution is 2.25. The molecule has 1 fully saturated rings. The molecule has 0 unspecified atom stereocenters. The minimum atomic E-state index is 0.147. The number of tetrazole rings is 1. The van der Waals surface area contributed by atoms with Crippen molar-refractivity contribution in [3.63, 3.8) is 0 Å². The Bertz CT molecular complexity index is 708. The number of likely N-dealkylation sites (tertiary alicyclic amines) is 1. The number of methoxy groups -OCH3 is 1. The molecule has 0 bridgehead atoms. The topological polar surface area (TPSA) is 73.1 Å². The Hall–Kier alpha value is -2.09. The average molecular weight is 361 g/mol. The van der Waals surface area contributed by atoms with Crippen LogP contribution in [-0.4, -0.2) is 56.0 Å². The van der Waals surface area contributed by atoms with Crippen molar-refractivity contribution in [2.75, 3.05) is 12.9 Å². The molecule has 2 aromatic rings. The Kier molecular flexibility index (Phi) is 5.57. The number of amides is 1. The van der Waals surface area contributed by atoms with Gasteiger partial charge in [-0.05, 0) is 67.8 Å². The van der Waals surface area contributed by atoms with Gasteiger partial charge in [0.05, 0.1) is 18.6 Å². The highest BCUT2D eigenvalue weighted by atomic mass is 32.2. The van der Waals surface area contributed by atoms with Crippen LogP contribution in [0.15, 0.2) is 29.4 Å². The molecule has 0 spiro atoms. The summed E-state index contributed by atoms with van der Waals surface area (Å²) >= 11 is 1.37. The maximum Gasteiger partial charge on any atom is 0.233 e. The molecular formula is C17H23N5O2S.